The van der Waals surface area contributed by atoms with Crippen LogP contribution in [0.1, 0.15) is 55.2 Å². The van der Waals surface area contributed by atoms with Gasteiger partial charge in [0.1, 0.15) is 5.82 Å². The summed E-state index contributed by atoms with van der Waals surface area (Å²) >= 11 is 0. The molecule has 1 aromatic heterocycles. The number of carboxylic acids is 1. The van der Waals surface area contributed by atoms with Crippen LogP contribution in [0, 0.1) is 5.92 Å². The molecule has 1 aliphatic rings. The Bertz CT molecular complexity index is 656. The maximum absolute atomic E-state index is 11.1. The third-order valence-corrected chi connectivity index (χ3v) is 4.24. The number of aryl methyl sites for hydroxylation is 2. The fraction of sp³-hybridized carbons (Fsp3) is 0.529. The van der Waals surface area contributed by atoms with Gasteiger partial charge in [-0.3, -0.25) is 0 Å². The molecule has 1 fully saturated rings. The van der Waals surface area contributed by atoms with Gasteiger partial charge in [0.25, 0.3) is 0 Å². The van der Waals surface area contributed by atoms with Crippen LogP contribution in [0.2, 0.25) is 0 Å². The Morgan fingerprint density at radius 1 is 1.43 bits per heavy atom. The lowest BCUT2D eigenvalue weighted by Crippen LogP contribution is -2.04. The number of hydrogen-bond acceptors (Lipinski definition) is 2. The molecule has 1 aromatic carbocycles. The molecule has 4 nitrogen and oxygen atoms in total. The Hall–Kier alpha value is -1.84. The van der Waals surface area contributed by atoms with Crippen molar-refractivity contribution in [2.24, 2.45) is 5.92 Å². The van der Waals surface area contributed by atoms with Gasteiger partial charge in [0.15, 0.2) is 0 Å². The summed E-state index contributed by atoms with van der Waals surface area (Å²) in [4.78, 5) is 15.7. The molecule has 0 bridgehead atoms. The van der Waals surface area contributed by atoms with E-state index in [4.69, 9.17) is 5.11 Å². The zero-order chi connectivity index (χ0) is 14.8. The number of fused-ring (bicyclic) bond motifs is 1. The number of nitrogens with zero attached hydrogens (tertiary/aromatic N) is 2. The molecule has 0 spiro atoms. The number of carboxylic acid groups (broad SMARTS) is 1. The van der Waals surface area contributed by atoms with Crippen molar-refractivity contribution in [2.45, 2.75) is 52.0 Å². The molecule has 2 aromatic rings. The number of benzene rings is 1. The summed E-state index contributed by atoms with van der Waals surface area (Å²) in [7, 11) is 0. The molecule has 0 aliphatic heterocycles. The lowest BCUT2D eigenvalue weighted by atomic mass is 10.2. The van der Waals surface area contributed by atoms with Gasteiger partial charge in [0, 0.05) is 13.0 Å². The highest BCUT2D eigenvalue weighted by molar-refractivity contribution is 5.92. The molecule has 112 valence electrons. The van der Waals surface area contributed by atoms with E-state index in [1.807, 2.05) is 6.07 Å². The third kappa shape index (κ3) is 3.09. The molecule has 0 atom stereocenters. The second-order valence-corrected chi connectivity index (χ2v) is 6.02. The highest BCUT2D eigenvalue weighted by Crippen LogP contribution is 2.33. The smallest absolute Gasteiger partial charge is 0.335 e. The molecule has 1 N–H and O–H groups in total. The Balaban J connectivity index is 1.89. The summed E-state index contributed by atoms with van der Waals surface area (Å²) in [5.74, 6) is 1.15. The number of hydrogen-bond donors (Lipinski definition) is 1. The van der Waals surface area contributed by atoms with Crippen LogP contribution in [0.3, 0.4) is 0 Å². The van der Waals surface area contributed by atoms with Crippen molar-refractivity contribution < 1.29 is 9.90 Å². The minimum atomic E-state index is -0.891. The normalized spacial score (nSPS) is 14.7. The standard InChI is InChI=1S/C17H22N2O2/c1-2-4-16-18-14-11-13(17(20)21)8-9-15(14)19(16)10-3-5-12-6-7-12/h8-9,11-12H,2-7,10H2,1H3,(H,20,21). The van der Waals surface area contributed by atoms with E-state index in [-0.39, 0.29) is 0 Å². The second kappa shape index (κ2) is 5.88. The molecule has 1 heterocycles. The minimum absolute atomic E-state index is 0.313. The van der Waals surface area contributed by atoms with Crippen molar-refractivity contribution in [1.82, 2.24) is 9.55 Å². The average molecular weight is 286 g/mol. The van der Waals surface area contributed by atoms with Crippen LogP contribution in [0.5, 0.6) is 0 Å². The highest BCUT2D eigenvalue weighted by atomic mass is 16.4. The van der Waals surface area contributed by atoms with Crippen molar-refractivity contribution in [1.29, 1.82) is 0 Å². The van der Waals surface area contributed by atoms with Gasteiger partial charge in [-0.05, 0) is 43.4 Å². The van der Waals surface area contributed by atoms with Crippen LogP contribution in [0.15, 0.2) is 18.2 Å². The number of imidazole rings is 1. The van der Waals surface area contributed by atoms with Crippen molar-refractivity contribution in [2.75, 3.05) is 0 Å². The summed E-state index contributed by atoms with van der Waals surface area (Å²) in [5.41, 5.74) is 2.19. The fourth-order valence-corrected chi connectivity index (χ4v) is 2.92. The molecule has 0 radical (unpaired) electrons. The SMILES string of the molecule is CCCc1nc2cc(C(=O)O)ccc2n1CCCC1CC1. The van der Waals surface area contributed by atoms with Crippen molar-refractivity contribution in [3.05, 3.63) is 29.6 Å². The number of aromatic carboxylic acids is 1. The van der Waals surface area contributed by atoms with Crippen LogP contribution < -0.4 is 0 Å². The topological polar surface area (TPSA) is 55.1 Å². The Kier molecular flexibility index (Phi) is 3.95. The summed E-state index contributed by atoms with van der Waals surface area (Å²) in [6.45, 7) is 3.14. The largest absolute Gasteiger partial charge is 0.478 e. The summed E-state index contributed by atoms with van der Waals surface area (Å²) in [6, 6.07) is 5.27. The lowest BCUT2D eigenvalue weighted by molar-refractivity contribution is 0.0697. The lowest BCUT2D eigenvalue weighted by Gasteiger charge is -2.08. The van der Waals surface area contributed by atoms with E-state index in [9.17, 15) is 4.79 Å². The third-order valence-electron chi connectivity index (χ3n) is 4.24. The van der Waals surface area contributed by atoms with Crippen molar-refractivity contribution >= 4 is 17.0 Å². The van der Waals surface area contributed by atoms with Crippen LogP contribution in [-0.4, -0.2) is 20.6 Å². The molecule has 1 saturated carbocycles. The van der Waals surface area contributed by atoms with E-state index < -0.39 is 5.97 Å². The van der Waals surface area contributed by atoms with Crippen LogP contribution in [0.4, 0.5) is 0 Å². The van der Waals surface area contributed by atoms with Gasteiger partial charge in [-0.1, -0.05) is 19.8 Å². The molecule has 0 saturated heterocycles. The van der Waals surface area contributed by atoms with E-state index in [0.29, 0.717) is 5.56 Å². The van der Waals surface area contributed by atoms with E-state index in [1.54, 1.807) is 12.1 Å². The van der Waals surface area contributed by atoms with Gasteiger partial charge in [-0.15, -0.1) is 0 Å². The van der Waals surface area contributed by atoms with Gasteiger partial charge >= 0.3 is 5.97 Å². The van der Waals surface area contributed by atoms with Gasteiger partial charge in [0.2, 0.25) is 0 Å². The highest BCUT2D eigenvalue weighted by Gasteiger charge is 2.20. The van der Waals surface area contributed by atoms with Gasteiger partial charge in [-0.2, -0.15) is 0 Å². The quantitative estimate of drug-likeness (QED) is 0.840. The molecule has 3 rings (SSSR count). The first kappa shape index (κ1) is 14.1. The zero-order valence-corrected chi connectivity index (χ0v) is 12.5. The Morgan fingerprint density at radius 3 is 2.90 bits per heavy atom. The summed E-state index contributed by atoms with van der Waals surface area (Å²) < 4.78 is 2.28. The van der Waals surface area contributed by atoms with Gasteiger partial charge < -0.3 is 9.67 Å². The van der Waals surface area contributed by atoms with E-state index in [0.717, 1.165) is 42.2 Å². The van der Waals surface area contributed by atoms with Gasteiger partial charge in [-0.25, -0.2) is 9.78 Å². The Morgan fingerprint density at radius 2 is 2.24 bits per heavy atom. The zero-order valence-electron chi connectivity index (χ0n) is 12.5. The maximum Gasteiger partial charge on any atom is 0.335 e. The molecule has 0 unspecified atom stereocenters. The van der Waals surface area contributed by atoms with E-state index in [1.165, 1.54) is 25.7 Å². The van der Waals surface area contributed by atoms with E-state index in [2.05, 4.69) is 16.5 Å². The molecule has 0 amide bonds. The van der Waals surface area contributed by atoms with Crippen molar-refractivity contribution in [3.63, 3.8) is 0 Å². The molecule has 4 heteroatoms. The maximum atomic E-state index is 11.1. The summed E-state index contributed by atoms with van der Waals surface area (Å²) in [6.07, 6.45) is 7.28. The number of rotatable bonds is 7. The van der Waals surface area contributed by atoms with Crippen molar-refractivity contribution in [3.8, 4) is 0 Å². The van der Waals surface area contributed by atoms with E-state index >= 15 is 0 Å². The number of aromatic nitrogens is 2. The van der Waals surface area contributed by atoms with Gasteiger partial charge in [0.05, 0.1) is 16.6 Å². The monoisotopic (exact) mass is 286 g/mol. The van der Waals surface area contributed by atoms with Crippen LogP contribution in [0.25, 0.3) is 11.0 Å². The number of carbonyl (C=O) groups is 1. The van der Waals surface area contributed by atoms with Crippen LogP contribution in [-0.2, 0) is 13.0 Å². The second-order valence-electron chi connectivity index (χ2n) is 6.02. The predicted octanol–water partition coefficient (Wildman–Crippen LogP) is 3.88. The first-order valence-electron chi connectivity index (χ1n) is 7.91. The molecular weight excluding hydrogens is 264 g/mol. The first-order valence-corrected chi connectivity index (χ1v) is 7.91. The van der Waals surface area contributed by atoms with Crippen LogP contribution >= 0.6 is 0 Å². The Labute approximate surface area is 124 Å². The minimum Gasteiger partial charge on any atom is -0.478 e. The molecular formula is C17H22N2O2. The molecule has 21 heavy (non-hydrogen) atoms. The average Bonchev–Trinajstić information content (AvgIpc) is 3.22. The first-order chi connectivity index (χ1) is 10.2. The predicted molar refractivity (Wildman–Crippen MR) is 82.6 cm³/mol. The summed E-state index contributed by atoms with van der Waals surface area (Å²) in [5, 5.41) is 9.10. The molecule has 1 aliphatic carbocycles. The fourth-order valence-electron chi connectivity index (χ4n) is 2.92.